The van der Waals surface area contributed by atoms with Crippen LogP contribution in [0.4, 0.5) is 13.2 Å². The zero-order valence-corrected chi connectivity index (χ0v) is 16.4. The van der Waals surface area contributed by atoms with Crippen LogP contribution < -0.4 is 0 Å². The molecule has 0 saturated heterocycles. The topological polar surface area (TPSA) is 50.5 Å². The maximum absolute atomic E-state index is 13.7. The predicted molar refractivity (Wildman–Crippen MR) is 106 cm³/mol. The van der Waals surface area contributed by atoms with Gasteiger partial charge in [-0.15, -0.1) is 11.3 Å². The van der Waals surface area contributed by atoms with Gasteiger partial charge in [-0.05, 0) is 35.1 Å². The lowest BCUT2D eigenvalue weighted by Crippen LogP contribution is -2.36. The number of benzene rings is 1. The fraction of sp³-hybridized carbons (Fsp3) is 0.190. The van der Waals surface area contributed by atoms with Gasteiger partial charge in [-0.1, -0.05) is 30.3 Å². The molecule has 152 valence electrons. The summed E-state index contributed by atoms with van der Waals surface area (Å²) in [6.45, 7) is 0.895. The van der Waals surface area contributed by atoms with Crippen molar-refractivity contribution in [1.82, 2.24) is 19.5 Å². The second kappa shape index (κ2) is 6.94. The summed E-state index contributed by atoms with van der Waals surface area (Å²) in [6.07, 6.45) is -3.94. The van der Waals surface area contributed by atoms with Crippen molar-refractivity contribution in [3.8, 4) is 10.6 Å². The molecule has 4 aromatic rings. The third-order valence-corrected chi connectivity index (χ3v) is 6.02. The Morgan fingerprint density at radius 1 is 1.07 bits per heavy atom. The number of nitrogens with zero attached hydrogens (tertiary/aromatic N) is 4. The van der Waals surface area contributed by atoms with Crippen LogP contribution in [0.1, 0.15) is 27.3 Å². The number of amides is 1. The Morgan fingerprint density at radius 2 is 1.87 bits per heavy atom. The summed E-state index contributed by atoms with van der Waals surface area (Å²) in [6, 6.07) is 13.6. The van der Waals surface area contributed by atoms with Gasteiger partial charge >= 0.3 is 6.18 Å². The molecule has 0 radical (unpaired) electrons. The van der Waals surface area contributed by atoms with Gasteiger partial charge < -0.3 is 4.90 Å². The molecule has 1 aromatic carbocycles. The van der Waals surface area contributed by atoms with Gasteiger partial charge in [0.1, 0.15) is 0 Å². The van der Waals surface area contributed by atoms with Crippen molar-refractivity contribution in [2.75, 3.05) is 6.54 Å². The monoisotopic (exact) mass is 428 g/mol. The summed E-state index contributed by atoms with van der Waals surface area (Å²) in [4.78, 5) is 19.5. The van der Waals surface area contributed by atoms with Crippen LogP contribution >= 0.6 is 11.3 Å². The van der Waals surface area contributed by atoms with E-state index in [2.05, 4.69) is 10.1 Å². The highest BCUT2D eigenvalue weighted by Gasteiger charge is 2.36. The van der Waals surface area contributed by atoms with E-state index in [4.69, 9.17) is 0 Å². The first kappa shape index (κ1) is 18.8. The Morgan fingerprint density at radius 3 is 2.60 bits per heavy atom. The van der Waals surface area contributed by atoms with E-state index >= 15 is 0 Å². The largest absolute Gasteiger partial charge is 0.433 e. The van der Waals surface area contributed by atoms with Crippen molar-refractivity contribution < 1.29 is 18.0 Å². The molecule has 3 aromatic heterocycles. The minimum Gasteiger partial charge on any atom is -0.333 e. The number of hydrogen-bond donors (Lipinski definition) is 0. The SMILES string of the molecule is O=C(c1cc2nc(-c3cccs3)cc(C(F)(F)F)n2n1)N1CCc2ccccc2C1. The molecule has 0 saturated carbocycles. The van der Waals surface area contributed by atoms with Gasteiger partial charge in [0.05, 0.1) is 10.6 Å². The maximum Gasteiger partial charge on any atom is 0.433 e. The molecule has 0 unspecified atom stereocenters. The molecule has 5 nitrogen and oxygen atoms in total. The van der Waals surface area contributed by atoms with Gasteiger partial charge in [-0.2, -0.15) is 18.3 Å². The molecule has 1 aliphatic rings. The summed E-state index contributed by atoms with van der Waals surface area (Å²) >= 11 is 1.30. The van der Waals surface area contributed by atoms with Crippen LogP contribution in [0.25, 0.3) is 16.2 Å². The highest BCUT2D eigenvalue weighted by molar-refractivity contribution is 7.13. The van der Waals surface area contributed by atoms with Gasteiger partial charge in [-0.3, -0.25) is 4.79 Å². The first-order chi connectivity index (χ1) is 14.4. The lowest BCUT2D eigenvalue weighted by atomic mass is 10.00. The highest BCUT2D eigenvalue weighted by Crippen LogP contribution is 2.33. The van der Waals surface area contributed by atoms with E-state index < -0.39 is 17.8 Å². The van der Waals surface area contributed by atoms with Crippen molar-refractivity contribution in [2.45, 2.75) is 19.1 Å². The van der Waals surface area contributed by atoms with E-state index in [1.807, 2.05) is 24.3 Å². The summed E-state index contributed by atoms with van der Waals surface area (Å²) in [7, 11) is 0. The third-order valence-electron chi connectivity index (χ3n) is 5.13. The Kier molecular flexibility index (Phi) is 4.35. The molecule has 0 aliphatic carbocycles. The van der Waals surface area contributed by atoms with E-state index in [0.29, 0.717) is 28.9 Å². The molecule has 5 rings (SSSR count). The van der Waals surface area contributed by atoms with Gasteiger partial charge in [-0.25, -0.2) is 9.50 Å². The Hall–Kier alpha value is -3.20. The van der Waals surface area contributed by atoms with Crippen molar-refractivity contribution in [3.63, 3.8) is 0 Å². The summed E-state index contributed by atoms with van der Waals surface area (Å²) in [5.41, 5.74) is 1.41. The zero-order valence-electron chi connectivity index (χ0n) is 15.6. The van der Waals surface area contributed by atoms with Crippen LogP contribution in [0.15, 0.2) is 53.9 Å². The van der Waals surface area contributed by atoms with Gasteiger partial charge in [0, 0.05) is 19.2 Å². The average molecular weight is 428 g/mol. The Balaban J connectivity index is 1.55. The van der Waals surface area contributed by atoms with Gasteiger partial charge in [0.15, 0.2) is 17.0 Å². The minimum absolute atomic E-state index is 0.00557. The number of thiophene rings is 1. The number of carbonyl (C=O) groups excluding carboxylic acids is 1. The third kappa shape index (κ3) is 3.24. The number of alkyl halides is 3. The van der Waals surface area contributed by atoms with Crippen molar-refractivity contribution in [3.05, 3.63) is 76.4 Å². The minimum atomic E-state index is -4.64. The van der Waals surface area contributed by atoms with Crippen molar-refractivity contribution in [1.29, 1.82) is 0 Å². The van der Waals surface area contributed by atoms with Crippen LogP contribution in [-0.4, -0.2) is 31.9 Å². The summed E-state index contributed by atoms with van der Waals surface area (Å²) in [5.74, 6) is -0.402. The predicted octanol–water partition coefficient (Wildman–Crippen LogP) is 4.68. The Bertz CT molecular complexity index is 1250. The molecule has 0 atom stereocenters. The summed E-state index contributed by atoms with van der Waals surface area (Å²) in [5, 5.41) is 5.75. The molecule has 9 heteroatoms. The Labute approximate surface area is 173 Å². The molecule has 30 heavy (non-hydrogen) atoms. The van der Waals surface area contributed by atoms with Crippen LogP contribution in [0.3, 0.4) is 0 Å². The number of hydrogen-bond acceptors (Lipinski definition) is 4. The first-order valence-electron chi connectivity index (χ1n) is 9.28. The molecule has 1 aliphatic heterocycles. The quantitative estimate of drug-likeness (QED) is 0.466. The highest BCUT2D eigenvalue weighted by atomic mass is 32.1. The van der Waals surface area contributed by atoms with E-state index in [0.717, 1.165) is 11.6 Å². The summed E-state index contributed by atoms with van der Waals surface area (Å²) < 4.78 is 41.8. The second-order valence-electron chi connectivity index (χ2n) is 7.05. The number of rotatable bonds is 2. The standard InChI is InChI=1S/C21H15F3N4OS/c22-21(23,24)18-10-15(17-6-3-9-30-17)25-19-11-16(26-28(18)19)20(29)27-8-7-13-4-1-2-5-14(13)12-27/h1-6,9-11H,7-8,12H2. The fourth-order valence-corrected chi connectivity index (χ4v) is 4.35. The van der Waals surface area contributed by atoms with Crippen LogP contribution in [-0.2, 0) is 19.1 Å². The molecule has 0 bridgehead atoms. The number of aromatic nitrogens is 3. The lowest BCUT2D eigenvalue weighted by Gasteiger charge is -2.28. The molecule has 0 spiro atoms. The fourth-order valence-electron chi connectivity index (χ4n) is 3.66. The molecule has 0 N–H and O–H groups in total. The van der Waals surface area contributed by atoms with E-state index in [9.17, 15) is 18.0 Å². The zero-order chi connectivity index (χ0) is 20.9. The number of fused-ring (bicyclic) bond motifs is 2. The van der Waals surface area contributed by atoms with Crippen LogP contribution in [0.5, 0.6) is 0 Å². The molecule has 0 fully saturated rings. The lowest BCUT2D eigenvalue weighted by molar-refractivity contribution is -0.142. The van der Waals surface area contributed by atoms with E-state index in [-0.39, 0.29) is 17.0 Å². The van der Waals surface area contributed by atoms with Crippen molar-refractivity contribution in [2.24, 2.45) is 0 Å². The molecular formula is C21H15F3N4OS. The smallest absolute Gasteiger partial charge is 0.333 e. The van der Waals surface area contributed by atoms with E-state index in [1.165, 1.54) is 23.0 Å². The van der Waals surface area contributed by atoms with Gasteiger partial charge in [0.2, 0.25) is 0 Å². The molecule has 4 heterocycles. The molecular weight excluding hydrogens is 413 g/mol. The maximum atomic E-state index is 13.7. The normalized spacial score (nSPS) is 14.2. The average Bonchev–Trinajstić information content (AvgIpc) is 3.41. The van der Waals surface area contributed by atoms with Crippen LogP contribution in [0, 0.1) is 0 Å². The van der Waals surface area contributed by atoms with Crippen LogP contribution in [0.2, 0.25) is 0 Å². The van der Waals surface area contributed by atoms with Crippen molar-refractivity contribution >= 4 is 22.9 Å². The number of halogens is 3. The van der Waals surface area contributed by atoms with Gasteiger partial charge in [0.25, 0.3) is 5.91 Å². The second-order valence-corrected chi connectivity index (χ2v) is 7.99. The molecule has 1 amide bonds. The number of carbonyl (C=O) groups is 1. The van der Waals surface area contributed by atoms with E-state index in [1.54, 1.807) is 22.4 Å². The first-order valence-corrected chi connectivity index (χ1v) is 10.2.